The molecule has 0 radical (unpaired) electrons. The fourth-order valence-electron chi connectivity index (χ4n) is 2.46. The Bertz CT molecular complexity index is 297. The Labute approximate surface area is 88.2 Å². The molecule has 0 amide bonds. The summed E-state index contributed by atoms with van der Waals surface area (Å²) in [6.45, 7) is 3.80. The third-order valence-electron chi connectivity index (χ3n) is 3.19. The van der Waals surface area contributed by atoms with Crippen LogP contribution in [0.1, 0.15) is 19.3 Å². The molecule has 1 heterocycles. The lowest BCUT2D eigenvalue weighted by molar-refractivity contribution is -0.160. The molecule has 2 aliphatic rings. The second-order valence-electron chi connectivity index (χ2n) is 3.98. The van der Waals surface area contributed by atoms with Gasteiger partial charge in [0.05, 0.1) is 12.5 Å². The minimum Gasteiger partial charge on any atom is -0.465 e. The number of hydrogen-bond donors (Lipinski definition) is 0. The SMILES string of the molecule is C=CC(=O)OC1CCC2C(=O)OCCC12. The summed E-state index contributed by atoms with van der Waals surface area (Å²) in [5.74, 6) is -0.459. The summed E-state index contributed by atoms with van der Waals surface area (Å²) in [5.41, 5.74) is 0. The van der Waals surface area contributed by atoms with Gasteiger partial charge in [0.2, 0.25) is 0 Å². The molecule has 4 heteroatoms. The van der Waals surface area contributed by atoms with E-state index in [-0.39, 0.29) is 23.9 Å². The normalized spacial score (nSPS) is 34.1. The van der Waals surface area contributed by atoms with Gasteiger partial charge in [0.15, 0.2) is 0 Å². The smallest absolute Gasteiger partial charge is 0.330 e. The highest BCUT2D eigenvalue weighted by Gasteiger charge is 2.45. The number of carbonyl (C=O) groups excluding carboxylic acids is 2. The summed E-state index contributed by atoms with van der Waals surface area (Å²) in [5, 5.41) is 0. The first kappa shape index (κ1) is 10.2. The molecule has 1 saturated heterocycles. The molecule has 4 nitrogen and oxygen atoms in total. The molecule has 1 saturated carbocycles. The summed E-state index contributed by atoms with van der Waals surface area (Å²) in [4.78, 5) is 22.5. The van der Waals surface area contributed by atoms with Gasteiger partial charge in [-0.3, -0.25) is 4.79 Å². The van der Waals surface area contributed by atoms with Crippen LogP contribution in [0.2, 0.25) is 0 Å². The highest BCUT2D eigenvalue weighted by atomic mass is 16.5. The fraction of sp³-hybridized carbons (Fsp3) is 0.636. The molecule has 82 valence electrons. The van der Waals surface area contributed by atoms with Crippen LogP contribution in [0.5, 0.6) is 0 Å². The van der Waals surface area contributed by atoms with Gasteiger partial charge in [0, 0.05) is 12.0 Å². The van der Waals surface area contributed by atoms with E-state index in [1.54, 1.807) is 0 Å². The van der Waals surface area contributed by atoms with Crippen molar-refractivity contribution in [2.75, 3.05) is 6.61 Å². The van der Waals surface area contributed by atoms with Gasteiger partial charge >= 0.3 is 11.9 Å². The zero-order valence-electron chi connectivity index (χ0n) is 8.48. The van der Waals surface area contributed by atoms with Crippen molar-refractivity contribution in [1.29, 1.82) is 0 Å². The highest BCUT2D eigenvalue weighted by molar-refractivity contribution is 5.81. The van der Waals surface area contributed by atoms with Crippen LogP contribution in [-0.4, -0.2) is 24.6 Å². The van der Waals surface area contributed by atoms with Crippen molar-refractivity contribution in [3.05, 3.63) is 12.7 Å². The van der Waals surface area contributed by atoms with E-state index < -0.39 is 5.97 Å². The van der Waals surface area contributed by atoms with E-state index >= 15 is 0 Å². The third kappa shape index (κ3) is 1.89. The van der Waals surface area contributed by atoms with Crippen molar-refractivity contribution in [3.8, 4) is 0 Å². The molecular weight excluding hydrogens is 196 g/mol. The van der Waals surface area contributed by atoms with Crippen molar-refractivity contribution >= 4 is 11.9 Å². The first-order chi connectivity index (χ1) is 7.22. The molecule has 3 atom stereocenters. The van der Waals surface area contributed by atoms with Gasteiger partial charge < -0.3 is 9.47 Å². The Balaban J connectivity index is 2.01. The molecule has 0 N–H and O–H groups in total. The molecule has 2 fully saturated rings. The number of esters is 2. The maximum absolute atomic E-state index is 11.4. The molecule has 2 rings (SSSR count). The second kappa shape index (κ2) is 4.04. The zero-order chi connectivity index (χ0) is 10.8. The van der Waals surface area contributed by atoms with Gasteiger partial charge in [-0.05, 0) is 19.3 Å². The molecule has 0 spiro atoms. The number of rotatable bonds is 2. The summed E-state index contributed by atoms with van der Waals surface area (Å²) in [6, 6.07) is 0. The Hall–Kier alpha value is -1.32. The first-order valence-electron chi connectivity index (χ1n) is 5.22. The number of carbonyl (C=O) groups is 2. The van der Waals surface area contributed by atoms with Gasteiger partial charge in [-0.2, -0.15) is 0 Å². The minimum absolute atomic E-state index is 0.0682. The maximum atomic E-state index is 11.4. The van der Waals surface area contributed by atoms with Crippen molar-refractivity contribution in [3.63, 3.8) is 0 Å². The molecule has 0 aromatic carbocycles. The van der Waals surface area contributed by atoms with Gasteiger partial charge in [-0.25, -0.2) is 4.79 Å². The minimum atomic E-state index is -0.403. The topological polar surface area (TPSA) is 52.6 Å². The lowest BCUT2D eigenvalue weighted by Gasteiger charge is -2.27. The predicted molar refractivity (Wildman–Crippen MR) is 51.9 cm³/mol. The molecule has 0 bridgehead atoms. The molecule has 1 aliphatic carbocycles. The van der Waals surface area contributed by atoms with Gasteiger partial charge in [0.1, 0.15) is 6.10 Å². The van der Waals surface area contributed by atoms with Gasteiger partial charge in [-0.1, -0.05) is 6.58 Å². The summed E-state index contributed by atoms with van der Waals surface area (Å²) >= 11 is 0. The average Bonchev–Trinajstić information content (AvgIpc) is 2.63. The van der Waals surface area contributed by atoms with E-state index in [9.17, 15) is 9.59 Å². The van der Waals surface area contributed by atoms with Crippen molar-refractivity contribution in [2.24, 2.45) is 11.8 Å². The fourth-order valence-corrected chi connectivity index (χ4v) is 2.46. The Morgan fingerprint density at radius 1 is 1.47 bits per heavy atom. The van der Waals surface area contributed by atoms with Crippen LogP contribution in [-0.2, 0) is 19.1 Å². The summed E-state index contributed by atoms with van der Waals surface area (Å²) in [6.07, 6.45) is 3.34. The highest BCUT2D eigenvalue weighted by Crippen LogP contribution is 2.39. The van der Waals surface area contributed by atoms with Crippen molar-refractivity contribution < 1.29 is 19.1 Å². The van der Waals surface area contributed by atoms with E-state index in [2.05, 4.69) is 6.58 Å². The van der Waals surface area contributed by atoms with Crippen molar-refractivity contribution in [2.45, 2.75) is 25.4 Å². The largest absolute Gasteiger partial charge is 0.465 e. The van der Waals surface area contributed by atoms with Crippen LogP contribution in [0.3, 0.4) is 0 Å². The van der Waals surface area contributed by atoms with E-state index in [0.29, 0.717) is 6.61 Å². The number of cyclic esters (lactones) is 1. The third-order valence-corrected chi connectivity index (χ3v) is 3.19. The summed E-state index contributed by atoms with van der Waals surface area (Å²) < 4.78 is 10.2. The number of fused-ring (bicyclic) bond motifs is 1. The number of ether oxygens (including phenoxy) is 2. The van der Waals surface area contributed by atoms with Crippen LogP contribution in [0, 0.1) is 11.8 Å². The van der Waals surface area contributed by atoms with Gasteiger partial charge in [0.25, 0.3) is 0 Å². The standard InChI is InChI=1S/C11H14O4/c1-2-10(12)15-9-4-3-8-7(9)5-6-14-11(8)13/h2,7-9H,1,3-6H2. The predicted octanol–water partition coefficient (Wildman–Crippen LogP) is 1.06. The van der Waals surface area contributed by atoms with E-state index in [1.807, 2.05) is 0 Å². The lowest BCUT2D eigenvalue weighted by Crippen LogP contribution is -2.34. The molecular formula is C11H14O4. The van der Waals surface area contributed by atoms with Crippen LogP contribution in [0.4, 0.5) is 0 Å². The Kier molecular flexibility index (Phi) is 2.75. The molecule has 0 aromatic rings. The Morgan fingerprint density at radius 2 is 2.27 bits per heavy atom. The second-order valence-corrected chi connectivity index (χ2v) is 3.98. The molecule has 3 unspecified atom stereocenters. The van der Waals surface area contributed by atoms with E-state index in [0.717, 1.165) is 25.3 Å². The summed E-state index contributed by atoms with van der Waals surface area (Å²) in [7, 11) is 0. The van der Waals surface area contributed by atoms with Crippen LogP contribution < -0.4 is 0 Å². The van der Waals surface area contributed by atoms with E-state index in [1.165, 1.54) is 0 Å². The number of hydrogen-bond acceptors (Lipinski definition) is 4. The molecule has 0 aromatic heterocycles. The first-order valence-corrected chi connectivity index (χ1v) is 5.22. The maximum Gasteiger partial charge on any atom is 0.330 e. The van der Waals surface area contributed by atoms with Crippen LogP contribution in [0.25, 0.3) is 0 Å². The lowest BCUT2D eigenvalue weighted by atomic mass is 9.90. The quantitative estimate of drug-likeness (QED) is 0.505. The zero-order valence-corrected chi connectivity index (χ0v) is 8.48. The van der Waals surface area contributed by atoms with Crippen molar-refractivity contribution in [1.82, 2.24) is 0 Å². The molecule has 1 aliphatic heterocycles. The van der Waals surface area contributed by atoms with Gasteiger partial charge in [-0.15, -0.1) is 0 Å². The molecule has 15 heavy (non-hydrogen) atoms. The average molecular weight is 210 g/mol. The van der Waals surface area contributed by atoms with Crippen LogP contribution in [0.15, 0.2) is 12.7 Å². The monoisotopic (exact) mass is 210 g/mol. The van der Waals surface area contributed by atoms with Crippen LogP contribution >= 0.6 is 0 Å². The van der Waals surface area contributed by atoms with E-state index in [4.69, 9.17) is 9.47 Å². The Morgan fingerprint density at radius 3 is 3.00 bits per heavy atom.